The highest BCUT2D eigenvalue weighted by molar-refractivity contribution is 7.71. The van der Waals surface area contributed by atoms with Gasteiger partial charge in [-0.2, -0.15) is 0 Å². The van der Waals surface area contributed by atoms with Crippen molar-refractivity contribution >= 4 is 23.3 Å². The molecule has 1 saturated carbocycles. The Morgan fingerprint density at radius 1 is 1.33 bits per heavy atom. The van der Waals surface area contributed by atoms with Gasteiger partial charge in [0.25, 0.3) is 0 Å². The second kappa shape index (κ2) is 4.54. The number of benzene rings is 1. The number of imidazole rings is 1. The molecule has 1 heterocycles. The number of H-pyrrole nitrogens is 1. The lowest BCUT2D eigenvalue weighted by Crippen LogP contribution is -2.17. The minimum absolute atomic E-state index is 0.580. The van der Waals surface area contributed by atoms with Crippen molar-refractivity contribution in [2.45, 2.75) is 45.6 Å². The third kappa shape index (κ3) is 1.91. The lowest BCUT2D eigenvalue weighted by molar-refractivity contribution is 0.285. The van der Waals surface area contributed by atoms with Crippen molar-refractivity contribution in [1.82, 2.24) is 9.55 Å². The quantitative estimate of drug-likeness (QED) is 0.733. The maximum atomic E-state index is 5.54. The maximum absolute atomic E-state index is 5.54. The van der Waals surface area contributed by atoms with E-state index in [1.807, 2.05) is 0 Å². The molecule has 18 heavy (non-hydrogen) atoms. The Morgan fingerprint density at radius 2 is 2.17 bits per heavy atom. The van der Waals surface area contributed by atoms with Crippen LogP contribution in [0.25, 0.3) is 11.0 Å². The number of aryl methyl sites for hydroxylation is 1. The maximum Gasteiger partial charge on any atom is 0.178 e. The average molecular weight is 260 g/mol. The summed E-state index contributed by atoms with van der Waals surface area (Å²) < 4.78 is 3.24. The predicted molar refractivity (Wildman–Crippen MR) is 78.5 cm³/mol. The monoisotopic (exact) mass is 260 g/mol. The molecule has 2 unspecified atom stereocenters. The highest BCUT2D eigenvalue weighted by Crippen LogP contribution is 2.34. The van der Waals surface area contributed by atoms with E-state index in [4.69, 9.17) is 12.2 Å². The third-order valence-corrected chi connectivity index (χ3v) is 4.53. The second-order valence-electron chi connectivity index (χ2n) is 5.69. The number of para-hydroxylation sites is 1. The molecule has 1 aliphatic carbocycles. The number of rotatable bonds is 1. The van der Waals surface area contributed by atoms with Crippen LogP contribution in [0.4, 0.5) is 0 Å². The number of hydrogen-bond acceptors (Lipinski definition) is 1. The number of hydrogen-bond donors (Lipinski definition) is 1. The summed E-state index contributed by atoms with van der Waals surface area (Å²) in [7, 11) is 0. The van der Waals surface area contributed by atoms with Gasteiger partial charge in [-0.15, -0.1) is 0 Å². The Hall–Kier alpha value is -1.09. The van der Waals surface area contributed by atoms with E-state index < -0.39 is 0 Å². The predicted octanol–water partition coefficient (Wildman–Crippen LogP) is 4.76. The molecule has 1 aromatic carbocycles. The van der Waals surface area contributed by atoms with Crippen LogP contribution in [0.15, 0.2) is 18.2 Å². The summed E-state index contributed by atoms with van der Waals surface area (Å²) in [6, 6.07) is 7.04. The SMILES string of the molecule is Cc1cccc2c1[nH]c(=S)n2C1CCCC(C)C1. The van der Waals surface area contributed by atoms with Gasteiger partial charge in [0, 0.05) is 6.04 Å². The van der Waals surface area contributed by atoms with E-state index in [1.165, 1.54) is 42.3 Å². The fraction of sp³-hybridized carbons (Fsp3) is 0.533. The Morgan fingerprint density at radius 3 is 2.94 bits per heavy atom. The lowest BCUT2D eigenvalue weighted by Gasteiger charge is -2.28. The van der Waals surface area contributed by atoms with Gasteiger partial charge < -0.3 is 9.55 Å². The summed E-state index contributed by atoms with van der Waals surface area (Å²) in [5.41, 5.74) is 3.76. The first-order valence-corrected chi connectivity index (χ1v) is 7.27. The van der Waals surface area contributed by atoms with Gasteiger partial charge in [-0.05, 0) is 49.5 Å². The summed E-state index contributed by atoms with van der Waals surface area (Å²) in [6.07, 6.45) is 5.21. The van der Waals surface area contributed by atoms with Gasteiger partial charge >= 0.3 is 0 Å². The number of aromatic amines is 1. The van der Waals surface area contributed by atoms with Crippen LogP contribution in [0, 0.1) is 17.6 Å². The summed E-state index contributed by atoms with van der Waals surface area (Å²) in [5.74, 6) is 0.820. The molecular formula is C15H20N2S. The van der Waals surface area contributed by atoms with Crippen molar-refractivity contribution < 1.29 is 0 Å². The molecule has 2 nitrogen and oxygen atoms in total. The van der Waals surface area contributed by atoms with Gasteiger partial charge in [0.2, 0.25) is 0 Å². The molecule has 3 rings (SSSR count). The van der Waals surface area contributed by atoms with Crippen molar-refractivity contribution in [2.75, 3.05) is 0 Å². The van der Waals surface area contributed by atoms with Crippen molar-refractivity contribution in [3.8, 4) is 0 Å². The van der Waals surface area contributed by atoms with Crippen molar-refractivity contribution in [2.24, 2.45) is 5.92 Å². The highest BCUT2D eigenvalue weighted by Gasteiger charge is 2.22. The van der Waals surface area contributed by atoms with Crippen LogP contribution in [0.2, 0.25) is 0 Å². The van der Waals surface area contributed by atoms with E-state index in [-0.39, 0.29) is 0 Å². The number of nitrogens with zero attached hydrogens (tertiary/aromatic N) is 1. The van der Waals surface area contributed by atoms with Crippen molar-refractivity contribution in [3.05, 3.63) is 28.5 Å². The van der Waals surface area contributed by atoms with Crippen molar-refractivity contribution in [3.63, 3.8) is 0 Å². The van der Waals surface area contributed by atoms with Gasteiger partial charge in [0.15, 0.2) is 4.77 Å². The summed E-state index contributed by atoms with van der Waals surface area (Å²) in [4.78, 5) is 3.39. The largest absolute Gasteiger partial charge is 0.330 e. The smallest absolute Gasteiger partial charge is 0.178 e. The van der Waals surface area contributed by atoms with E-state index >= 15 is 0 Å². The summed E-state index contributed by atoms with van der Waals surface area (Å²) >= 11 is 5.54. The lowest BCUT2D eigenvalue weighted by atomic mass is 9.87. The Balaban J connectivity index is 2.14. The van der Waals surface area contributed by atoms with Crippen LogP contribution in [0.5, 0.6) is 0 Å². The molecular weight excluding hydrogens is 240 g/mol. The fourth-order valence-electron chi connectivity index (χ4n) is 3.29. The normalized spacial score (nSPS) is 24.6. The minimum atomic E-state index is 0.580. The first-order chi connectivity index (χ1) is 8.66. The molecule has 0 saturated heterocycles. The second-order valence-corrected chi connectivity index (χ2v) is 6.08. The first-order valence-electron chi connectivity index (χ1n) is 6.86. The van der Waals surface area contributed by atoms with Gasteiger partial charge in [0.1, 0.15) is 0 Å². The molecule has 0 aliphatic heterocycles. The van der Waals surface area contributed by atoms with Gasteiger partial charge in [-0.1, -0.05) is 31.9 Å². The molecule has 96 valence electrons. The van der Waals surface area contributed by atoms with E-state index in [1.54, 1.807) is 0 Å². The van der Waals surface area contributed by atoms with E-state index in [2.05, 4.69) is 41.6 Å². The van der Waals surface area contributed by atoms with Crippen molar-refractivity contribution in [1.29, 1.82) is 0 Å². The molecule has 1 aromatic heterocycles. The molecule has 2 aromatic rings. The zero-order chi connectivity index (χ0) is 12.7. The molecule has 0 amide bonds. The Bertz CT molecular complexity index is 623. The first kappa shape index (κ1) is 12.0. The molecule has 1 fully saturated rings. The van der Waals surface area contributed by atoms with Gasteiger partial charge in [-0.3, -0.25) is 0 Å². The Kier molecular flexibility index (Phi) is 3.02. The molecule has 2 atom stereocenters. The van der Waals surface area contributed by atoms with E-state index in [9.17, 15) is 0 Å². The van der Waals surface area contributed by atoms with Gasteiger partial charge in [-0.25, -0.2) is 0 Å². The molecule has 0 spiro atoms. The molecule has 0 bridgehead atoms. The van der Waals surface area contributed by atoms with Crippen LogP contribution >= 0.6 is 12.2 Å². The van der Waals surface area contributed by atoms with Crippen LogP contribution in [0.3, 0.4) is 0 Å². The number of nitrogens with one attached hydrogen (secondary N) is 1. The Labute approximate surface area is 113 Å². The molecule has 1 aliphatic rings. The summed E-state index contributed by atoms with van der Waals surface area (Å²) in [6.45, 7) is 4.50. The van der Waals surface area contributed by atoms with E-state index in [0.29, 0.717) is 6.04 Å². The third-order valence-electron chi connectivity index (χ3n) is 4.23. The molecule has 1 N–H and O–H groups in total. The zero-order valence-corrected chi connectivity index (χ0v) is 11.9. The van der Waals surface area contributed by atoms with Crippen LogP contribution in [-0.2, 0) is 0 Å². The van der Waals surface area contributed by atoms with Gasteiger partial charge in [0.05, 0.1) is 11.0 Å². The van der Waals surface area contributed by atoms with Crippen LogP contribution in [0.1, 0.15) is 44.2 Å². The number of aromatic nitrogens is 2. The molecule has 3 heteroatoms. The molecule has 0 radical (unpaired) electrons. The topological polar surface area (TPSA) is 20.7 Å². The van der Waals surface area contributed by atoms with Crippen LogP contribution in [-0.4, -0.2) is 9.55 Å². The highest BCUT2D eigenvalue weighted by atomic mass is 32.1. The van der Waals surface area contributed by atoms with E-state index in [0.717, 1.165) is 10.7 Å². The summed E-state index contributed by atoms with van der Waals surface area (Å²) in [5, 5.41) is 0. The minimum Gasteiger partial charge on any atom is -0.330 e. The average Bonchev–Trinajstić information content (AvgIpc) is 2.67. The fourth-order valence-corrected chi connectivity index (χ4v) is 3.64. The number of fused-ring (bicyclic) bond motifs is 1. The van der Waals surface area contributed by atoms with Crippen LogP contribution < -0.4 is 0 Å². The standard InChI is InChI=1S/C15H20N2S/c1-10-5-3-7-12(9-10)17-13-8-4-6-11(2)14(13)16-15(17)18/h4,6,8,10,12H,3,5,7,9H2,1-2H3,(H,16,18). The zero-order valence-electron chi connectivity index (χ0n) is 11.1.